The molecule has 1 aromatic rings. The summed E-state index contributed by atoms with van der Waals surface area (Å²) in [5.74, 6) is -0.378. The Morgan fingerprint density at radius 1 is 1.48 bits per heavy atom. The highest BCUT2D eigenvalue weighted by Crippen LogP contribution is 2.19. The summed E-state index contributed by atoms with van der Waals surface area (Å²) in [6.45, 7) is 0.295. The molecular weight excluding hydrogens is 283 g/mol. The van der Waals surface area contributed by atoms with Gasteiger partial charge in [-0.15, -0.1) is 0 Å². The number of hydrogen-bond acceptors (Lipinski definition) is 2. The lowest BCUT2D eigenvalue weighted by Crippen LogP contribution is -2.44. The molecule has 1 N–H and O–H groups in total. The fourth-order valence-corrected chi connectivity index (χ4v) is 2.63. The number of hydrogen-bond donors (Lipinski definition) is 1. The third-order valence-electron chi connectivity index (χ3n) is 3.65. The van der Waals surface area contributed by atoms with E-state index in [4.69, 9.17) is 0 Å². The van der Waals surface area contributed by atoms with Gasteiger partial charge in [0.05, 0.1) is 0 Å². The predicted molar refractivity (Wildman–Crippen MR) is 73.1 cm³/mol. The Kier molecular flexibility index (Phi) is 4.92. The predicted octanol–water partition coefficient (Wildman–Crippen LogP) is 2.26. The topological polar surface area (TPSA) is 37.3 Å². The Bertz CT molecular complexity index is 478. The molecule has 0 saturated carbocycles. The van der Waals surface area contributed by atoms with Gasteiger partial charge in [-0.05, 0) is 31.5 Å². The number of halogens is 3. The Balaban J connectivity index is 2.00. The van der Waals surface area contributed by atoms with Crippen molar-refractivity contribution in [2.75, 3.05) is 20.1 Å². The van der Waals surface area contributed by atoms with Crippen molar-refractivity contribution in [2.24, 2.45) is 0 Å². The number of piperidine rings is 1. The highest BCUT2D eigenvalue weighted by atomic mass is 19.4. The SMILES string of the molecule is CN(CC1CCCCN1)C(=O)c1cccn1CC(F)(F)F. The Hall–Kier alpha value is -1.50. The van der Waals surface area contributed by atoms with Crippen molar-refractivity contribution in [1.29, 1.82) is 0 Å². The van der Waals surface area contributed by atoms with Crippen molar-refractivity contribution in [2.45, 2.75) is 38.0 Å². The van der Waals surface area contributed by atoms with E-state index in [2.05, 4.69) is 5.32 Å². The molecule has 1 saturated heterocycles. The Morgan fingerprint density at radius 3 is 2.86 bits per heavy atom. The van der Waals surface area contributed by atoms with Gasteiger partial charge >= 0.3 is 6.18 Å². The van der Waals surface area contributed by atoms with Gasteiger partial charge in [0.25, 0.3) is 5.91 Å². The van der Waals surface area contributed by atoms with Crippen molar-refractivity contribution < 1.29 is 18.0 Å². The van der Waals surface area contributed by atoms with Crippen LogP contribution in [0.15, 0.2) is 18.3 Å². The molecule has 4 nitrogen and oxygen atoms in total. The summed E-state index contributed by atoms with van der Waals surface area (Å²) in [5, 5.41) is 3.32. The number of likely N-dealkylation sites (N-methyl/N-ethyl adjacent to an activating group) is 1. The van der Waals surface area contributed by atoms with Crippen LogP contribution >= 0.6 is 0 Å². The third kappa shape index (κ3) is 4.49. The van der Waals surface area contributed by atoms with Crippen molar-refractivity contribution in [3.05, 3.63) is 24.0 Å². The van der Waals surface area contributed by atoms with Gasteiger partial charge in [0.1, 0.15) is 12.2 Å². The van der Waals surface area contributed by atoms with Gasteiger partial charge in [-0.2, -0.15) is 13.2 Å². The first kappa shape index (κ1) is 15.9. The van der Waals surface area contributed by atoms with E-state index >= 15 is 0 Å². The summed E-state index contributed by atoms with van der Waals surface area (Å²) in [5.41, 5.74) is 0.0747. The molecule has 0 radical (unpaired) electrons. The molecule has 7 heteroatoms. The van der Waals surface area contributed by atoms with Gasteiger partial charge in [0.2, 0.25) is 0 Å². The number of nitrogens with one attached hydrogen (secondary N) is 1. The van der Waals surface area contributed by atoms with E-state index < -0.39 is 12.7 Å². The van der Waals surface area contributed by atoms with E-state index in [0.717, 1.165) is 30.4 Å². The molecule has 2 heterocycles. The average Bonchev–Trinajstić information content (AvgIpc) is 2.84. The zero-order valence-corrected chi connectivity index (χ0v) is 12.0. The summed E-state index contributed by atoms with van der Waals surface area (Å²) in [7, 11) is 1.63. The van der Waals surface area contributed by atoms with Crippen LogP contribution < -0.4 is 5.32 Å². The molecule has 0 aromatic carbocycles. The van der Waals surface area contributed by atoms with Crippen molar-refractivity contribution >= 4 is 5.91 Å². The molecule has 0 bridgehead atoms. The minimum Gasteiger partial charge on any atom is -0.339 e. The number of rotatable bonds is 4. The zero-order valence-electron chi connectivity index (χ0n) is 12.0. The fourth-order valence-electron chi connectivity index (χ4n) is 2.63. The molecule has 2 rings (SSSR count). The highest BCUT2D eigenvalue weighted by Gasteiger charge is 2.30. The van der Waals surface area contributed by atoms with Gasteiger partial charge in [0.15, 0.2) is 0 Å². The number of carbonyl (C=O) groups is 1. The molecule has 1 aromatic heterocycles. The molecule has 21 heavy (non-hydrogen) atoms. The van der Waals surface area contributed by atoms with Gasteiger partial charge < -0.3 is 14.8 Å². The number of nitrogens with zero attached hydrogens (tertiary/aromatic N) is 2. The molecule has 1 unspecified atom stereocenters. The van der Waals surface area contributed by atoms with E-state index in [0.29, 0.717) is 6.54 Å². The first-order valence-electron chi connectivity index (χ1n) is 7.07. The minimum atomic E-state index is -4.34. The summed E-state index contributed by atoms with van der Waals surface area (Å²) in [6.07, 6.45) is 0.179. The average molecular weight is 303 g/mol. The smallest absolute Gasteiger partial charge is 0.339 e. The second-order valence-corrected chi connectivity index (χ2v) is 5.47. The molecule has 1 atom stereocenters. The monoisotopic (exact) mass is 303 g/mol. The number of alkyl halides is 3. The lowest BCUT2D eigenvalue weighted by Gasteiger charge is -2.28. The van der Waals surface area contributed by atoms with Crippen LogP contribution in [0.4, 0.5) is 13.2 Å². The first-order chi connectivity index (χ1) is 9.87. The zero-order chi connectivity index (χ0) is 15.5. The molecule has 1 aliphatic heterocycles. The van der Waals surface area contributed by atoms with Crippen LogP contribution in [-0.2, 0) is 6.54 Å². The maximum atomic E-state index is 12.5. The maximum absolute atomic E-state index is 12.5. The standard InChI is InChI=1S/C14H20F3N3O/c1-19(9-11-5-2-3-7-18-11)13(21)12-6-4-8-20(12)10-14(15,16)17/h4,6,8,11,18H,2-3,5,7,9-10H2,1H3. The molecule has 1 fully saturated rings. The fraction of sp³-hybridized carbons (Fsp3) is 0.643. The maximum Gasteiger partial charge on any atom is 0.406 e. The van der Waals surface area contributed by atoms with E-state index in [1.807, 2.05) is 0 Å². The van der Waals surface area contributed by atoms with Crippen LogP contribution in [0.25, 0.3) is 0 Å². The Morgan fingerprint density at radius 2 is 2.24 bits per heavy atom. The van der Waals surface area contributed by atoms with Crippen LogP contribution in [0.5, 0.6) is 0 Å². The quantitative estimate of drug-likeness (QED) is 0.926. The summed E-state index contributed by atoms with van der Waals surface area (Å²) < 4.78 is 38.4. The summed E-state index contributed by atoms with van der Waals surface area (Å²) in [4.78, 5) is 13.8. The van der Waals surface area contributed by atoms with E-state index in [1.165, 1.54) is 23.2 Å². The highest BCUT2D eigenvalue weighted by molar-refractivity contribution is 5.92. The molecule has 1 aliphatic rings. The molecule has 0 aliphatic carbocycles. The van der Waals surface area contributed by atoms with Gasteiger partial charge in [-0.25, -0.2) is 0 Å². The van der Waals surface area contributed by atoms with Crippen molar-refractivity contribution in [3.63, 3.8) is 0 Å². The number of amides is 1. The van der Waals surface area contributed by atoms with E-state index in [-0.39, 0.29) is 17.6 Å². The molecule has 118 valence electrons. The lowest BCUT2D eigenvalue weighted by atomic mass is 10.0. The lowest BCUT2D eigenvalue weighted by molar-refractivity contribution is -0.140. The largest absolute Gasteiger partial charge is 0.406 e. The third-order valence-corrected chi connectivity index (χ3v) is 3.65. The number of aromatic nitrogens is 1. The molecule has 0 spiro atoms. The van der Waals surface area contributed by atoms with Crippen LogP contribution in [0.2, 0.25) is 0 Å². The summed E-state index contributed by atoms with van der Waals surface area (Å²) in [6, 6.07) is 3.11. The Labute approximate surface area is 121 Å². The van der Waals surface area contributed by atoms with Crippen LogP contribution in [-0.4, -0.2) is 47.7 Å². The normalized spacial score (nSPS) is 19.5. The summed E-state index contributed by atoms with van der Waals surface area (Å²) >= 11 is 0. The van der Waals surface area contributed by atoms with Crippen molar-refractivity contribution in [3.8, 4) is 0 Å². The van der Waals surface area contributed by atoms with Crippen LogP contribution in [0.3, 0.4) is 0 Å². The molecular formula is C14H20F3N3O. The van der Waals surface area contributed by atoms with Gasteiger partial charge in [0, 0.05) is 25.8 Å². The molecule has 1 amide bonds. The van der Waals surface area contributed by atoms with Crippen LogP contribution in [0, 0.1) is 0 Å². The second kappa shape index (κ2) is 6.51. The van der Waals surface area contributed by atoms with E-state index in [1.54, 1.807) is 7.05 Å². The van der Waals surface area contributed by atoms with Gasteiger partial charge in [-0.1, -0.05) is 6.42 Å². The van der Waals surface area contributed by atoms with E-state index in [9.17, 15) is 18.0 Å². The van der Waals surface area contributed by atoms with Crippen molar-refractivity contribution in [1.82, 2.24) is 14.8 Å². The van der Waals surface area contributed by atoms with Crippen LogP contribution in [0.1, 0.15) is 29.8 Å². The van der Waals surface area contributed by atoms with Gasteiger partial charge in [-0.3, -0.25) is 4.79 Å². The minimum absolute atomic E-state index is 0.0747. The number of carbonyl (C=O) groups excluding carboxylic acids is 1. The second-order valence-electron chi connectivity index (χ2n) is 5.47. The first-order valence-corrected chi connectivity index (χ1v) is 7.07.